The third kappa shape index (κ3) is 2.90. The van der Waals surface area contributed by atoms with E-state index in [4.69, 9.17) is 17.3 Å². The lowest BCUT2D eigenvalue weighted by molar-refractivity contribution is 0.0993. The Labute approximate surface area is 111 Å². The molecule has 18 heavy (non-hydrogen) atoms. The Kier molecular flexibility index (Phi) is 3.68. The van der Waals surface area contributed by atoms with E-state index in [9.17, 15) is 4.79 Å². The lowest BCUT2D eigenvalue weighted by Crippen LogP contribution is -2.04. The van der Waals surface area contributed by atoms with Gasteiger partial charge in [0, 0.05) is 12.0 Å². The maximum atomic E-state index is 12.1. The Morgan fingerprint density at radius 2 is 2.00 bits per heavy atom. The van der Waals surface area contributed by atoms with E-state index in [2.05, 4.69) is 0 Å². The lowest BCUT2D eigenvalue weighted by atomic mass is 10.0. The van der Waals surface area contributed by atoms with Crippen molar-refractivity contribution in [2.45, 2.75) is 13.3 Å². The minimum Gasteiger partial charge on any atom is -0.398 e. The molecule has 0 saturated carbocycles. The van der Waals surface area contributed by atoms with Gasteiger partial charge in [-0.3, -0.25) is 4.79 Å². The predicted molar refractivity (Wildman–Crippen MR) is 75.1 cm³/mol. The molecule has 2 rings (SSSR count). The van der Waals surface area contributed by atoms with Crippen molar-refractivity contribution in [3.05, 3.63) is 64.2 Å². The monoisotopic (exact) mass is 259 g/mol. The standard InChI is InChI=1S/C15H14ClNO/c1-10-3-2-4-11(7-10)8-15(18)12-5-6-13(16)14(17)9-12/h2-7,9H,8,17H2,1H3. The molecule has 0 aliphatic rings. The Bertz CT molecular complexity index is 593. The number of Topliss-reactive ketones (excluding diaryl/α,β-unsaturated/α-hetero) is 1. The van der Waals surface area contributed by atoms with Crippen LogP contribution in [0.25, 0.3) is 0 Å². The van der Waals surface area contributed by atoms with Gasteiger partial charge in [0.1, 0.15) is 0 Å². The van der Waals surface area contributed by atoms with E-state index in [1.807, 2.05) is 31.2 Å². The fraction of sp³-hybridized carbons (Fsp3) is 0.133. The van der Waals surface area contributed by atoms with Crippen LogP contribution in [-0.2, 0) is 6.42 Å². The van der Waals surface area contributed by atoms with Crippen LogP contribution >= 0.6 is 11.6 Å². The first-order valence-electron chi connectivity index (χ1n) is 5.70. The fourth-order valence-corrected chi connectivity index (χ4v) is 1.94. The minimum atomic E-state index is 0.0453. The van der Waals surface area contributed by atoms with Gasteiger partial charge in [-0.25, -0.2) is 0 Å². The summed E-state index contributed by atoms with van der Waals surface area (Å²) in [5.74, 6) is 0.0453. The van der Waals surface area contributed by atoms with Crippen molar-refractivity contribution in [1.29, 1.82) is 0 Å². The van der Waals surface area contributed by atoms with Crippen molar-refractivity contribution >= 4 is 23.1 Å². The molecule has 0 aliphatic carbocycles. The van der Waals surface area contributed by atoms with Gasteiger partial charge in [-0.05, 0) is 30.7 Å². The maximum Gasteiger partial charge on any atom is 0.167 e. The molecule has 3 heteroatoms. The number of rotatable bonds is 3. The number of carbonyl (C=O) groups is 1. The molecule has 2 aromatic rings. The van der Waals surface area contributed by atoms with Crippen LogP contribution in [0, 0.1) is 6.92 Å². The van der Waals surface area contributed by atoms with Crippen LogP contribution in [0.1, 0.15) is 21.5 Å². The number of anilines is 1. The number of nitrogen functional groups attached to an aromatic ring is 1. The number of ketones is 1. The highest BCUT2D eigenvalue weighted by molar-refractivity contribution is 6.33. The van der Waals surface area contributed by atoms with E-state index in [0.29, 0.717) is 22.7 Å². The van der Waals surface area contributed by atoms with Crippen LogP contribution in [0.5, 0.6) is 0 Å². The molecular formula is C15H14ClNO. The first-order valence-corrected chi connectivity index (χ1v) is 6.08. The summed E-state index contributed by atoms with van der Waals surface area (Å²) in [6.45, 7) is 2.01. The first-order chi connectivity index (χ1) is 8.56. The highest BCUT2D eigenvalue weighted by Gasteiger charge is 2.08. The Balaban J connectivity index is 2.19. The van der Waals surface area contributed by atoms with Crippen LogP contribution in [0.2, 0.25) is 5.02 Å². The Morgan fingerprint density at radius 1 is 1.22 bits per heavy atom. The first kappa shape index (κ1) is 12.7. The number of hydrogen-bond donors (Lipinski definition) is 1. The van der Waals surface area contributed by atoms with Crippen molar-refractivity contribution in [3.63, 3.8) is 0 Å². The molecule has 0 heterocycles. The summed E-state index contributed by atoms with van der Waals surface area (Å²) >= 11 is 5.83. The number of nitrogens with two attached hydrogens (primary N) is 1. The zero-order valence-corrected chi connectivity index (χ0v) is 10.9. The second-order valence-electron chi connectivity index (χ2n) is 4.33. The van der Waals surface area contributed by atoms with Crippen LogP contribution in [0.15, 0.2) is 42.5 Å². The summed E-state index contributed by atoms with van der Waals surface area (Å²) in [7, 11) is 0. The van der Waals surface area contributed by atoms with Gasteiger partial charge >= 0.3 is 0 Å². The quantitative estimate of drug-likeness (QED) is 0.675. The summed E-state index contributed by atoms with van der Waals surface area (Å²) in [6, 6.07) is 12.9. The van der Waals surface area contributed by atoms with Gasteiger partial charge in [0.25, 0.3) is 0 Å². The van der Waals surface area contributed by atoms with Gasteiger partial charge in [-0.1, -0.05) is 41.4 Å². The second-order valence-corrected chi connectivity index (χ2v) is 4.73. The van der Waals surface area contributed by atoms with Gasteiger partial charge in [0.15, 0.2) is 5.78 Å². The second kappa shape index (κ2) is 5.23. The van der Waals surface area contributed by atoms with E-state index < -0.39 is 0 Å². The minimum absolute atomic E-state index is 0.0453. The SMILES string of the molecule is Cc1cccc(CC(=O)c2ccc(Cl)c(N)c2)c1. The number of hydrogen-bond acceptors (Lipinski definition) is 2. The van der Waals surface area contributed by atoms with Crippen LogP contribution < -0.4 is 5.73 Å². The molecule has 0 amide bonds. The number of carbonyl (C=O) groups excluding carboxylic acids is 1. The normalized spacial score (nSPS) is 10.3. The fourth-order valence-electron chi connectivity index (χ4n) is 1.83. The number of halogens is 1. The molecule has 0 aromatic heterocycles. The van der Waals surface area contributed by atoms with E-state index in [1.54, 1.807) is 18.2 Å². The summed E-state index contributed by atoms with van der Waals surface area (Å²) in [5, 5.41) is 0.474. The molecule has 2 N–H and O–H groups in total. The number of aryl methyl sites for hydroxylation is 1. The zero-order valence-electron chi connectivity index (χ0n) is 10.1. The van der Waals surface area contributed by atoms with Gasteiger partial charge in [-0.15, -0.1) is 0 Å². The average Bonchev–Trinajstić information content (AvgIpc) is 2.32. The molecule has 0 atom stereocenters. The molecule has 0 fully saturated rings. The molecule has 0 unspecified atom stereocenters. The van der Waals surface area contributed by atoms with Gasteiger partial charge in [-0.2, -0.15) is 0 Å². The van der Waals surface area contributed by atoms with Crippen molar-refractivity contribution in [1.82, 2.24) is 0 Å². The molecule has 0 aliphatic heterocycles. The Morgan fingerprint density at radius 3 is 2.67 bits per heavy atom. The summed E-state index contributed by atoms with van der Waals surface area (Å²) in [5.41, 5.74) is 8.88. The zero-order chi connectivity index (χ0) is 13.1. The van der Waals surface area contributed by atoms with Crippen LogP contribution in [-0.4, -0.2) is 5.78 Å². The molecular weight excluding hydrogens is 246 g/mol. The van der Waals surface area contributed by atoms with E-state index in [0.717, 1.165) is 11.1 Å². The van der Waals surface area contributed by atoms with E-state index >= 15 is 0 Å². The van der Waals surface area contributed by atoms with E-state index in [1.165, 1.54) is 0 Å². The maximum absolute atomic E-state index is 12.1. The average molecular weight is 260 g/mol. The molecule has 0 bridgehead atoms. The molecule has 0 radical (unpaired) electrons. The van der Waals surface area contributed by atoms with Gasteiger partial charge in [0.05, 0.1) is 10.7 Å². The molecule has 2 nitrogen and oxygen atoms in total. The van der Waals surface area contributed by atoms with Crippen molar-refractivity contribution in [2.75, 3.05) is 5.73 Å². The highest BCUT2D eigenvalue weighted by Crippen LogP contribution is 2.20. The molecule has 0 spiro atoms. The smallest absolute Gasteiger partial charge is 0.167 e. The number of benzene rings is 2. The topological polar surface area (TPSA) is 43.1 Å². The molecule has 0 saturated heterocycles. The van der Waals surface area contributed by atoms with Crippen LogP contribution in [0.4, 0.5) is 5.69 Å². The van der Waals surface area contributed by atoms with E-state index in [-0.39, 0.29) is 5.78 Å². The van der Waals surface area contributed by atoms with Crippen molar-refractivity contribution in [3.8, 4) is 0 Å². The van der Waals surface area contributed by atoms with Gasteiger partial charge in [0.2, 0.25) is 0 Å². The summed E-state index contributed by atoms with van der Waals surface area (Å²) < 4.78 is 0. The Hall–Kier alpha value is -1.80. The summed E-state index contributed by atoms with van der Waals surface area (Å²) in [4.78, 5) is 12.1. The van der Waals surface area contributed by atoms with Crippen LogP contribution in [0.3, 0.4) is 0 Å². The third-order valence-corrected chi connectivity index (χ3v) is 3.11. The van der Waals surface area contributed by atoms with Crippen molar-refractivity contribution < 1.29 is 4.79 Å². The molecule has 2 aromatic carbocycles. The highest BCUT2D eigenvalue weighted by atomic mass is 35.5. The van der Waals surface area contributed by atoms with Gasteiger partial charge < -0.3 is 5.73 Å². The molecule has 92 valence electrons. The predicted octanol–water partition coefficient (Wildman–Crippen LogP) is 3.66. The summed E-state index contributed by atoms with van der Waals surface area (Å²) in [6.07, 6.45) is 0.378. The van der Waals surface area contributed by atoms with Crippen molar-refractivity contribution in [2.24, 2.45) is 0 Å². The lowest BCUT2D eigenvalue weighted by Gasteiger charge is -2.04. The largest absolute Gasteiger partial charge is 0.398 e. The third-order valence-electron chi connectivity index (χ3n) is 2.77.